The van der Waals surface area contributed by atoms with Gasteiger partial charge in [-0.25, -0.2) is 4.98 Å². The second kappa shape index (κ2) is 10.4. The molecule has 6 rings (SSSR count). The van der Waals surface area contributed by atoms with Crippen LogP contribution in [-0.4, -0.2) is 58.4 Å². The van der Waals surface area contributed by atoms with Gasteiger partial charge in [0, 0.05) is 50.4 Å². The van der Waals surface area contributed by atoms with Crippen LogP contribution in [0.1, 0.15) is 31.4 Å². The molecule has 0 atom stereocenters. The Balaban J connectivity index is 1.30. The summed E-state index contributed by atoms with van der Waals surface area (Å²) in [5, 5.41) is 0. The average molecular weight is 495 g/mol. The van der Waals surface area contributed by atoms with Crippen LogP contribution in [0.15, 0.2) is 72.9 Å². The molecule has 1 saturated heterocycles. The van der Waals surface area contributed by atoms with Crippen molar-refractivity contribution in [3.05, 3.63) is 78.6 Å². The van der Waals surface area contributed by atoms with Crippen molar-refractivity contribution in [2.45, 2.75) is 32.2 Å². The number of benzene rings is 2. The van der Waals surface area contributed by atoms with Gasteiger partial charge in [-0.15, -0.1) is 0 Å². The number of hydrogen-bond acceptors (Lipinski definition) is 4. The Labute approximate surface area is 218 Å². The molecule has 1 aliphatic heterocycles. The third kappa shape index (κ3) is 4.86. The summed E-state index contributed by atoms with van der Waals surface area (Å²) in [6, 6.07) is 22.9. The number of hydrogen-bond donors (Lipinski definition) is 0. The van der Waals surface area contributed by atoms with Gasteiger partial charge in [0.05, 0.1) is 18.5 Å². The van der Waals surface area contributed by atoms with Gasteiger partial charge in [-0.1, -0.05) is 43.2 Å². The number of piperazine rings is 1. The van der Waals surface area contributed by atoms with Gasteiger partial charge in [0.2, 0.25) is 5.91 Å². The molecule has 0 spiro atoms. The van der Waals surface area contributed by atoms with E-state index < -0.39 is 0 Å². The van der Waals surface area contributed by atoms with Crippen LogP contribution in [0.2, 0.25) is 0 Å². The Morgan fingerprint density at radius 2 is 1.57 bits per heavy atom. The monoisotopic (exact) mass is 494 g/mol. The largest absolute Gasteiger partial charge is 0.497 e. The number of amides is 1. The van der Waals surface area contributed by atoms with Crippen LogP contribution in [0, 0.1) is 5.92 Å². The van der Waals surface area contributed by atoms with E-state index in [1.165, 1.54) is 29.7 Å². The Kier molecular flexibility index (Phi) is 6.66. The maximum absolute atomic E-state index is 12.9. The minimum atomic E-state index is 0.253. The van der Waals surface area contributed by atoms with E-state index in [-0.39, 0.29) is 5.92 Å². The zero-order valence-electron chi connectivity index (χ0n) is 21.5. The molecule has 37 heavy (non-hydrogen) atoms. The predicted molar refractivity (Wildman–Crippen MR) is 146 cm³/mol. The molecule has 0 unspecified atom stereocenters. The van der Waals surface area contributed by atoms with Crippen molar-refractivity contribution in [1.29, 1.82) is 0 Å². The molecule has 2 aromatic carbocycles. The number of carbonyl (C=O) groups excluding carboxylic acids is 1. The highest BCUT2D eigenvalue weighted by Crippen LogP contribution is 2.30. The SMILES string of the molecule is COc1ccc(-c2nc3ccc(-c4ccccc4)cn3c2CN2CCN(C(=O)C3CCCC3)CC2)cc1. The lowest BCUT2D eigenvalue weighted by Gasteiger charge is -2.36. The lowest BCUT2D eigenvalue weighted by Crippen LogP contribution is -2.49. The molecule has 0 radical (unpaired) electrons. The van der Waals surface area contributed by atoms with Crippen molar-refractivity contribution in [2.24, 2.45) is 5.92 Å². The summed E-state index contributed by atoms with van der Waals surface area (Å²) in [4.78, 5) is 22.6. The molecule has 190 valence electrons. The highest BCUT2D eigenvalue weighted by atomic mass is 16.5. The lowest BCUT2D eigenvalue weighted by atomic mass is 10.1. The van der Waals surface area contributed by atoms with Crippen molar-refractivity contribution >= 4 is 11.6 Å². The smallest absolute Gasteiger partial charge is 0.225 e. The first-order chi connectivity index (χ1) is 18.2. The minimum absolute atomic E-state index is 0.253. The summed E-state index contributed by atoms with van der Waals surface area (Å²) in [5.74, 6) is 1.46. The molecule has 3 heterocycles. The fourth-order valence-electron chi connectivity index (χ4n) is 5.79. The van der Waals surface area contributed by atoms with Gasteiger partial charge >= 0.3 is 0 Å². The summed E-state index contributed by atoms with van der Waals surface area (Å²) in [7, 11) is 1.69. The fourth-order valence-corrected chi connectivity index (χ4v) is 5.79. The molecule has 6 heteroatoms. The van der Waals surface area contributed by atoms with E-state index >= 15 is 0 Å². The number of carbonyl (C=O) groups is 1. The van der Waals surface area contributed by atoms with Gasteiger partial charge in [0.1, 0.15) is 11.4 Å². The first kappa shape index (κ1) is 23.7. The molecular formula is C31H34N4O2. The molecule has 0 bridgehead atoms. The van der Waals surface area contributed by atoms with E-state index in [0.717, 1.165) is 68.2 Å². The van der Waals surface area contributed by atoms with E-state index in [9.17, 15) is 4.79 Å². The average Bonchev–Trinajstić information content (AvgIpc) is 3.62. The molecule has 0 N–H and O–H groups in total. The maximum atomic E-state index is 12.9. The van der Waals surface area contributed by atoms with Crippen LogP contribution in [0.3, 0.4) is 0 Å². The van der Waals surface area contributed by atoms with Crippen molar-refractivity contribution in [2.75, 3.05) is 33.3 Å². The highest BCUT2D eigenvalue weighted by Gasteiger charge is 2.30. The van der Waals surface area contributed by atoms with Crippen LogP contribution in [-0.2, 0) is 11.3 Å². The second-order valence-corrected chi connectivity index (χ2v) is 10.2. The zero-order valence-corrected chi connectivity index (χ0v) is 21.5. The number of pyridine rings is 1. The number of nitrogens with zero attached hydrogens (tertiary/aromatic N) is 4. The standard InChI is InChI=1S/C31H34N4O2/c1-37-27-14-11-24(12-15-27)30-28(22-33-17-19-34(20-18-33)31(36)25-9-5-6-10-25)35-21-26(13-16-29(35)32-30)23-7-3-2-4-8-23/h2-4,7-8,11-16,21,25H,5-6,9-10,17-20,22H2,1H3. The first-order valence-corrected chi connectivity index (χ1v) is 13.4. The van der Waals surface area contributed by atoms with Gasteiger partial charge in [-0.2, -0.15) is 0 Å². The molecule has 2 fully saturated rings. The number of fused-ring (bicyclic) bond motifs is 1. The predicted octanol–water partition coefficient (Wildman–Crippen LogP) is 5.51. The number of aromatic nitrogens is 2. The van der Waals surface area contributed by atoms with Gasteiger partial charge < -0.3 is 14.0 Å². The lowest BCUT2D eigenvalue weighted by molar-refractivity contribution is -0.137. The van der Waals surface area contributed by atoms with Crippen molar-refractivity contribution < 1.29 is 9.53 Å². The van der Waals surface area contributed by atoms with Gasteiger partial charge in [0.25, 0.3) is 0 Å². The van der Waals surface area contributed by atoms with Crippen molar-refractivity contribution in [1.82, 2.24) is 19.2 Å². The second-order valence-electron chi connectivity index (χ2n) is 10.2. The molecular weight excluding hydrogens is 460 g/mol. The Hall–Kier alpha value is -3.64. The van der Waals surface area contributed by atoms with Crippen LogP contribution in [0.25, 0.3) is 28.0 Å². The molecule has 2 aromatic heterocycles. The number of ether oxygens (including phenoxy) is 1. The summed E-state index contributed by atoms with van der Waals surface area (Å²) in [5.41, 5.74) is 6.55. The number of imidazole rings is 1. The molecule has 1 aliphatic carbocycles. The van der Waals surface area contributed by atoms with Crippen LogP contribution in [0.4, 0.5) is 0 Å². The summed E-state index contributed by atoms with van der Waals surface area (Å²) in [6.45, 7) is 4.16. The van der Waals surface area contributed by atoms with Crippen LogP contribution in [0.5, 0.6) is 5.75 Å². The summed E-state index contributed by atoms with van der Waals surface area (Å²) in [6.07, 6.45) is 6.74. The van der Waals surface area contributed by atoms with Crippen molar-refractivity contribution in [3.63, 3.8) is 0 Å². The highest BCUT2D eigenvalue weighted by molar-refractivity contribution is 5.79. The van der Waals surface area contributed by atoms with E-state index in [1.54, 1.807) is 7.11 Å². The number of rotatable bonds is 6. The van der Waals surface area contributed by atoms with Crippen LogP contribution >= 0.6 is 0 Å². The Morgan fingerprint density at radius 1 is 0.865 bits per heavy atom. The normalized spacial score (nSPS) is 16.9. The minimum Gasteiger partial charge on any atom is -0.497 e. The molecule has 4 aromatic rings. The molecule has 1 amide bonds. The van der Waals surface area contributed by atoms with E-state index in [0.29, 0.717) is 5.91 Å². The van der Waals surface area contributed by atoms with E-state index in [1.807, 2.05) is 18.2 Å². The van der Waals surface area contributed by atoms with Crippen LogP contribution < -0.4 is 4.74 Å². The third-order valence-electron chi connectivity index (χ3n) is 7.95. The number of methoxy groups -OCH3 is 1. The zero-order chi connectivity index (χ0) is 25.2. The molecule has 1 saturated carbocycles. The topological polar surface area (TPSA) is 50.1 Å². The van der Waals surface area contributed by atoms with Gasteiger partial charge in [-0.3, -0.25) is 9.69 Å². The maximum Gasteiger partial charge on any atom is 0.225 e. The Morgan fingerprint density at radius 3 is 2.27 bits per heavy atom. The summed E-state index contributed by atoms with van der Waals surface area (Å²) < 4.78 is 7.63. The molecule has 6 nitrogen and oxygen atoms in total. The molecule has 2 aliphatic rings. The Bertz CT molecular complexity index is 1370. The van der Waals surface area contributed by atoms with E-state index in [4.69, 9.17) is 9.72 Å². The first-order valence-electron chi connectivity index (χ1n) is 13.4. The quantitative estimate of drug-likeness (QED) is 0.355. The van der Waals surface area contributed by atoms with E-state index in [2.05, 4.69) is 68.9 Å². The third-order valence-corrected chi connectivity index (χ3v) is 7.95. The fraction of sp³-hybridized carbons (Fsp3) is 0.355. The van der Waals surface area contributed by atoms with Gasteiger partial charge in [-0.05, 0) is 60.4 Å². The van der Waals surface area contributed by atoms with Crippen molar-refractivity contribution in [3.8, 4) is 28.1 Å². The summed E-state index contributed by atoms with van der Waals surface area (Å²) >= 11 is 0. The van der Waals surface area contributed by atoms with Gasteiger partial charge in [0.15, 0.2) is 0 Å².